The van der Waals surface area contributed by atoms with Crippen LogP contribution in [0.1, 0.15) is 25.5 Å². The maximum Gasteiger partial charge on any atom is 0.411 e. The van der Waals surface area contributed by atoms with Crippen molar-refractivity contribution in [1.82, 2.24) is 9.80 Å². The number of benzene rings is 1. The third-order valence-electron chi connectivity index (χ3n) is 5.25. The number of cyclic esters (lactones) is 1. The molecule has 2 aliphatic heterocycles. The van der Waals surface area contributed by atoms with E-state index in [1.807, 2.05) is 0 Å². The Bertz CT molecular complexity index is 1010. The van der Waals surface area contributed by atoms with Crippen molar-refractivity contribution in [3.05, 3.63) is 35.9 Å². The van der Waals surface area contributed by atoms with Crippen LogP contribution in [0.2, 0.25) is 0 Å². The first-order chi connectivity index (χ1) is 15.1. The van der Waals surface area contributed by atoms with Crippen molar-refractivity contribution in [2.45, 2.75) is 38.0 Å². The molecule has 0 radical (unpaired) electrons. The summed E-state index contributed by atoms with van der Waals surface area (Å²) in [5.74, 6) is -2.32. The molecule has 2 heterocycles. The summed E-state index contributed by atoms with van der Waals surface area (Å²) in [6.45, 7) is 2.08. The third-order valence-corrected chi connectivity index (χ3v) is 5.81. The van der Waals surface area contributed by atoms with Gasteiger partial charge in [-0.25, -0.2) is 9.59 Å². The second-order valence-electron chi connectivity index (χ2n) is 7.42. The summed E-state index contributed by atoms with van der Waals surface area (Å²) in [6.07, 6.45) is 0.0640. The van der Waals surface area contributed by atoms with E-state index in [2.05, 4.69) is 0 Å². The number of nitrogens with zero attached hydrogens (tertiary/aromatic N) is 2. The van der Waals surface area contributed by atoms with E-state index in [1.165, 1.54) is 4.90 Å². The summed E-state index contributed by atoms with van der Waals surface area (Å²) >= 11 is 0. The smallest absolute Gasteiger partial charge is 0.411 e. The molecular weight excluding hydrogens is 444 g/mol. The fraction of sp³-hybridized carbons (Fsp3) is 0.500. The summed E-state index contributed by atoms with van der Waals surface area (Å²) in [6, 6.07) is 4.38. The Morgan fingerprint density at radius 3 is 2.44 bits per heavy atom. The molecule has 1 aromatic carbocycles. The van der Waals surface area contributed by atoms with Crippen LogP contribution in [0.15, 0.2) is 30.3 Å². The van der Waals surface area contributed by atoms with Crippen LogP contribution in [0.25, 0.3) is 0 Å². The highest BCUT2D eigenvalue weighted by molar-refractivity contribution is 7.85. The average Bonchev–Trinajstić information content (AvgIpc) is 3.09. The number of Topliss-reactive ketones (excluding diaryl/α,β-unsaturated/α-hetero) is 1. The fourth-order valence-corrected chi connectivity index (χ4v) is 4.29. The molecule has 1 aromatic rings. The average molecular weight is 468 g/mol. The molecule has 0 aliphatic carbocycles. The summed E-state index contributed by atoms with van der Waals surface area (Å²) in [5.41, 5.74) is 0.709. The maximum absolute atomic E-state index is 13.2. The van der Waals surface area contributed by atoms with Gasteiger partial charge in [-0.1, -0.05) is 30.3 Å². The zero-order valence-corrected chi connectivity index (χ0v) is 18.6. The Balaban J connectivity index is 1.96. The normalized spacial score (nSPS) is 24.0. The van der Waals surface area contributed by atoms with Gasteiger partial charge in [0.05, 0.1) is 31.6 Å². The fourth-order valence-electron chi connectivity index (χ4n) is 3.91. The van der Waals surface area contributed by atoms with Crippen LogP contribution in [0.3, 0.4) is 0 Å². The standard InChI is InChI=1S/C20H24N2O9S/c1-4-29-19(25)16(12(2)23)21-15(11-31-32(3,27)28)17(18(21)24)22-14(10-30-20(22)26)13-8-6-5-7-9-13/h5-9,14-17H,4,10-11H2,1-3H3/t14-,15-,16?,17+/m1/s1. The van der Waals surface area contributed by atoms with E-state index in [1.54, 1.807) is 37.3 Å². The number of β-lactam (4-membered cyclic amide) rings is 1. The monoisotopic (exact) mass is 468 g/mol. The second kappa shape index (κ2) is 9.25. The molecule has 12 heteroatoms. The Kier molecular flexibility index (Phi) is 6.84. The van der Waals surface area contributed by atoms with Crippen molar-refractivity contribution in [3.63, 3.8) is 0 Å². The van der Waals surface area contributed by atoms with Gasteiger partial charge in [-0.3, -0.25) is 18.7 Å². The maximum atomic E-state index is 13.2. The van der Waals surface area contributed by atoms with Gasteiger partial charge in [0, 0.05) is 0 Å². The third kappa shape index (κ3) is 4.60. The lowest BCUT2D eigenvalue weighted by Gasteiger charge is -2.52. The highest BCUT2D eigenvalue weighted by Crippen LogP contribution is 2.38. The lowest BCUT2D eigenvalue weighted by Crippen LogP contribution is -2.76. The number of ether oxygens (including phenoxy) is 2. The Morgan fingerprint density at radius 1 is 1.22 bits per heavy atom. The zero-order valence-electron chi connectivity index (χ0n) is 17.8. The van der Waals surface area contributed by atoms with Crippen molar-refractivity contribution in [2.24, 2.45) is 0 Å². The van der Waals surface area contributed by atoms with E-state index in [-0.39, 0.29) is 13.2 Å². The van der Waals surface area contributed by atoms with Gasteiger partial charge < -0.3 is 14.4 Å². The zero-order chi connectivity index (χ0) is 23.6. The first-order valence-electron chi connectivity index (χ1n) is 9.90. The minimum Gasteiger partial charge on any atom is -0.464 e. The van der Waals surface area contributed by atoms with Crippen LogP contribution in [0.5, 0.6) is 0 Å². The van der Waals surface area contributed by atoms with Crippen LogP contribution in [0.4, 0.5) is 4.79 Å². The summed E-state index contributed by atoms with van der Waals surface area (Å²) < 4.78 is 38.1. The minimum absolute atomic E-state index is 0.0136. The highest BCUT2D eigenvalue weighted by atomic mass is 32.2. The molecule has 11 nitrogen and oxygen atoms in total. The van der Waals surface area contributed by atoms with Gasteiger partial charge in [0.2, 0.25) is 5.91 Å². The largest absolute Gasteiger partial charge is 0.464 e. The number of esters is 1. The van der Waals surface area contributed by atoms with Crippen molar-refractivity contribution < 1.29 is 41.3 Å². The van der Waals surface area contributed by atoms with Crippen molar-refractivity contribution in [3.8, 4) is 0 Å². The molecule has 0 aromatic heterocycles. The van der Waals surface area contributed by atoms with Gasteiger partial charge in [-0.05, 0) is 19.4 Å². The molecule has 32 heavy (non-hydrogen) atoms. The van der Waals surface area contributed by atoms with E-state index in [9.17, 15) is 27.6 Å². The number of rotatable bonds is 9. The van der Waals surface area contributed by atoms with Crippen LogP contribution >= 0.6 is 0 Å². The molecule has 2 aliphatic rings. The van der Waals surface area contributed by atoms with Gasteiger partial charge in [0.25, 0.3) is 10.1 Å². The van der Waals surface area contributed by atoms with Crippen molar-refractivity contribution in [1.29, 1.82) is 0 Å². The SMILES string of the molecule is CCOC(=O)C(C(C)=O)N1C(=O)[C@@H](N2C(=O)OC[C@@H]2c2ccccc2)[C@H]1COS(C)(=O)=O. The molecule has 1 unspecified atom stereocenters. The van der Waals surface area contributed by atoms with E-state index in [4.69, 9.17) is 13.7 Å². The molecule has 2 amide bonds. The molecule has 0 spiro atoms. The molecule has 2 fully saturated rings. The number of carbonyl (C=O) groups is 4. The van der Waals surface area contributed by atoms with Crippen LogP contribution in [0, 0.1) is 0 Å². The quantitative estimate of drug-likeness (QED) is 0.216. The number of hydrogen-bond acceptors (Lipinski definition) is 9. The topological polar surface area (TPSA) is 137 Å². The summed E-state index contributed by atoms with van der Waals surface area (Å²) in [5, 5.41) is 0. The predicted molar refractivity (Wildman–Crippen MR) is 109 cm³/mol. The second-order valence-corrected chi connectivity index (χ2v) is 9.07. The Morgan fingerprint density at radius 2 is 1.88 bits per heavy atom. The highest BCUT2D eigenvalue weighted by Gasteiger charge is 2.60. The number of likely N-dealkylation sites (tertiary alicyclic amines) is 1. The Hall–Kier alpha value is -2.99. The van der Waals surface area contributed by atoms with Crippen LogP contribution < -0.4 is 0 Å². The number of ketones is 1. The first kappa shape index (κ1) is 23.7. The van der Waals surface area contributed by atoms with E-state index in [0.29, 0.717) is 5.56 Å². The molecule has 0 saturated carbocycles. The van der Waals surface area contributed by atoms with Gasteiger partial charge in [0.1, 0.15) is 12.6 Å². The molecule has 174 valence electrons. The van der Waals surface area contributed by atoms with Crippen LogP contribution in [-0.2, 0) is 38.2 Å². The molecule has 3 rings (SSSR count). The molecule has 0 bridgehead atoms. The molecule has 0 N–H and O–H groups in total. The van der Waals surface area contributed by atoms with Gasteiger partial charge in [0.15, 0.2) is 11.8 Å². The van der Waals surface area contributed by atoms with E-state index in [0.717, 1.165) is 18.1 Å². The summed E-state index contributed by atoms with van der Waals surface area (Å²) in [4.78, 5) is 52.4. The van der Waals surface area contributed by atoms with Crippen molar-refractivity contribution in [2.75, 3.05) is 26.1 Å². The van der Waals surface area contributed by atoms with E-state index >= 15 is 0 Å². The lowest BCUT2D eigenvalue weighted by atomic mass is 9.89. The number of hydrogen-bond donors (Lipinski definition) is 0. The minimum atomic E-state index is -3.91. The van der Waals surface area contributed by atoms with E-state index < -0.39 is 64.6 Å². The lowest BCUT2D eigenvalue weighted by molar-refractivity contribution is -0.177. The molecular formula is C20H24N2O9S. The first-order valence-corrected chi connectivity index (χ1v) is 11.7. The summed E-state index contributed by atoms with van der Waals surface area (Å²) in [7, 11) is -3.91. The predicted octanol–water partition coefficient (Wildman–Crippen LogP) is 0.256. The Labute approximate surface area is 185 Å². The number of amides is 2. The van der Waals surface area contributed by atoms with Crippen LogP contribution in [-0.4, -0.2) is 86.2 Å². The van der Waals surface area contributed by atoms with Gasteiger partial charge in [-0.2, -0.15) is 8.42 Å². The van der Waals surface area contributed by atoms with Crippen molar-refractivity contribution >= 4 is 33.9 Å². The molecule has 4 atom stereocenters. The molecule has 2 saturated heterocycles. The van der Waals surface area contributed by atoms with Gasteiger partial charge >= 0.3 is 12.1 Å². The number of carbonyl (C=O) groups excluding carboxylic acids is 4. The van der Waals surface area contributed by atoms with Gasteiger partial charge in [-0.15, -0.1) is 0 Å².